The van der Waals surface area contributed by atoms with Gasteiger partial charge < -0.3 is 9.32 Å². The maximum atomic E-state index is 12.3. The Hall–Kier alpha value is -2.08. The first kappa shape index (κ1) is 16.8. The molecule has 0 saturated heterocycles. The Labute approximate surface area is 142 Å². The molecule has 1 amide bonds. The molecule has 0 unspecified atom stereocenters. The van der Waals surface area contributed by atoms with Crippen molar-refractivity contribution in [2.24, 2.45) is 0 Å². The molecule has 3 rings (SSSR count). The Morgan fingerprint density at radius 3 is 2.71 bits per heavy atom. The van der Waals surface area contributed by atoms with Crippen molar-refractivity contribution in [3.8, 4) is 0 Å². The fraction of sp³-hybridized carbons (Fsp3) is 0.389. The van der Waals surface area contributed by atoms with Crippen molar-refractivity contribution in [1.82, 2.24) is 4.90 Å². The Balaban J connectivity index is 1.45. The second-order valence-corrected chi connectivity index (χ2v) is 8.13. The van der Waals surface area contributed by atoms with Crippen LogP contribution in [-0.2, 0) is 27.6 Å². The molecule has 5 nitrogen and oxygen atoms in total. The van der Waals surface area contributed by atoms with Crippen LogP contribution >= 0.6 is 0 Å². The maximum absolute atomic E-state index is 12.3. The van der Waals surface area contributed by atoms with Gasteiger partial charge in [0, 0.05) is 13.0 Å². The summed E-state index contributed by atoms with van der Waals surface area (Å²) in [5, 5.41) is 0. The number of fused-ring (bicyclic) bond motifs is 1. The van der Waals surface area contributed by atoms with Gasteiger partial charge in [0.25, 0.3) is 0 Å². The van der Waals surface area contributed by atoms with Gasteiger partial charge in [-0.2, -0.15) is 0 Å². The average Bonchev–Trinajstić information content (AvgIpc) is 3.07. The third-order valence-corrected chi connectivity index (χ3v) is 6.15. The van der Waals surface area contributed by atoms with Crippen LogP contribution in [0.15, 0.2) is 52.0 Å². The van der Waals surface area contributed by atoms with Gasteiger partial charge >= 0.3 is 0 Å². The molecular formula is C18H21NO4S. The lowest BCUT2D eigenvalue weighted by Gasteiger charge is -2.26. The minimum Gasteiger partial charge on any atom is -0.467 e. The summed E-state index contributed by atoms with van der Waals surface area (Å²) in [5.74, 6) is 1.00. The van der Waals surface area contributed by atoms with E-state index in [0.29, 0.717) is 37.2 Å². The van der Waals surface area contributed by atoms with Crippen LogP contribution in [-0.4, -0.2) is 31.5 Å². The van der Waals surface area contributed by atoms with Crippen LogP contribution in [0.1, 0.15) is 30.6 Å². The molecule has 2 heterocycles. The van der Waals surface area contributed by atoms with Gasteiger partial charge in [-0.3, -0.25) is 4.79 Å². The van der Waals surface area contributed by atoms with Crippen LogP contribution in [0.5, 0.6) is 0 Å². The number of hydrogen-bond acceptors (Lipinski definition) is 4. The number of carbonyl (C=O) groups excluding carboxylic acids is 1. The van der Waals surface area contributed by atoms with E-state index >= 15 is 0 Å². The molecule has 128 valence electrons. The summed E-state index contributed by atoms with van der Waals surface area (Å²) in [7, 11) is -3.26. The first-order chi connectivity index (χ1) is 11.6. The number of benzene rings is 1. The Bertz CT molecular complexity index is 795. The monoisotopic (exact) mass is 347 g/mol. The second-order valence-electron chi connectivity index (χ2n) is 6.02. The minimum atomic E-state index is -3.26. The minimum absolute atomic E-state index is 0.0640. The molecule has 24 heavy (non-hydrogen) atoms. The van der Waals surface area contributed by atoms with Crippen molar-refractivity contribution in [3.63, 3.8) is 0 Å². The standard InChI is InChI=1S/C18H21NO4S/c20-18(19-11-9-15-10-12-23-17(15)14-19)8-4-5-13-24(21,22)16-6-2-1-3-7-16/h1-3,6-7,10,12H,4-5,8-9,11,13-14H2. The summed E-state index contributed by atoms with van der Waals surface area (Å²) in [6, 6.07) is 10.4. The molecule has 1 aliphatic heterocycles. The number of rotatable bonds is 6. The van der Waals surface area contributed by atoms with Crippen LogP contribution in [0.25, 0.3) is 0 Å². The maximum Gasteiger partial charge on any atom is 0.222 e. The van der Waals surface area contributed by atoms with Crippen LogP contribution in [0.2, 0.25) is 0 Å². The largest absolute Gasteiger partial charge is 0.467 e. The predicted octanol–water partition coefficient (Wildman–Crippen LogP) is 2.81. The van der Waals surface area contributed by atoms with E-state index < -0.39 is 9.84 Å². The normalized spacial score (nSPS) is 14.4. The lowest BCUT2D eigenvalue weighted by molar-refractivity contribution is -0.132. The number of unbranched alkanes of at least 4 members (excludes halogenated alkanes) is 1. The summed E-state index contributed by atoms with van der Waals surface area (Å²) in [4.78, 5) is 14.4. The third-order valence-electron chi connectivity index (χ3n) is 4.33. The Morgan fingerprint density at radius 1 is 1.12 bits per heavy atom. The molecule has 6 heteroatoms. The average molecular weight is 347 g/mol. The first-order valence-corrected chi connectivity index (χ1v) is 9.82. The molecule has 0 radical (unpaired) electrons. The smallest absolute Gasteiger partial charge is 0.222 e. The lowest BCUT2D eigenvalue weighted by atomic mass is 10.1. The van der Waals surface area contributed by atoms with E-state index in [0.717, 1.165) is 12.2 Å². The molecule has 0 saturated carbocycles. The fourth-order valence-electron chi connectivity index (χ4n) is 2.92. The van der Waals surface area contributed by atoms with E-state index in [9.17, 15) is 13.2 Å². The molecule has 1 aromatic heterocycles. The van der Waals surface area contributed by atoms with Gasteiger partial charge in [-0.15, -0.1) is 0 Å². The SMILES string of the molecule is O=C(CCCCS(=O)(=O)c1ccccc1)N1CCc2ccoc2C1. The number of carbonyl (C=O) groups is 1. The van der Waals surface area contributed by atoms with E-state index in [1.807, 2.05) is 6.07 Å². The summed E-state index contributed by atoms with van der Waals surface area (Å²) in [6.07, 6.45) is 3.92. The van der Waals surface area contributed by atoms with Crippen LogP contribution in [0.3, 0.4) is 0 Å². The van der Waals surface area contributed by atoms with Gasteiger partial charge in [0.2, 0.25) is 5.91 Å². The topological polar surface area (TPSA) is 67.6 Å². The quantitative estimate of drug-likeness (QED) is 0.754. The van der Waals surface area contributed by atoms with E-state index in [1.54, 1.807) is 41.5 Å². The van der Waals surface area contributed by atoms with E-state index in [1.165, 1.54) is 5.56 Å². The highest BCUT2D eigenvalue weighted by atomic mass is 32.2. The summed E-state index contributed by atoms with van der Waals surface area (Å²) >= 11 is 0. The zero-order valence-electron chi connectivity index (χ0n) is 13.5. The van der Waals surface area contributed by atoms with Gasteiger partial charge in [0.15, 0.2) is 9.84 Å². The zero-order valence-corrected chi connectivity index (χ0v) is 14.3. The van der Waals surface area contributed by atoms with Crippen molar-refractivity contribution >= 4 is 15.7 Å². The van der Waals surface area contributed by atoms with Gasteiger partial charge in [0.05, 0.1) is 23.5 Å². The molecule has 0 fully saturated rings. The third kappa shape index (κ3) is 3.87. The highest BCUT2D eigenvalue weighted by Gasteiger charge is 2.22. The lowest BCUT2D eigenvalue weighted by Crippen LogP contribution is -2.35. The summed E-state index contributed by atoms with van der Waals surface area (Å²) in [6.45, 7) is 1.22. The van der Waals surface area contributed by atoms with Crippen LogP contribution < -0.4 is 0 Å². The second kappa shape index (κ2) is 7.21. The molecule has 1 aromatic carbocycles. The number of hydrogen-bond donors (Lipinski definition) is 0. The zero-order chi connectivity index (χ0) is 17.0. The first-order valence-electron chi connectivity index (χ1n) is 8.17. The van der Waals surface area contributed by atoms with E-state index in [-0.39, 0.29) is 11.7 Å². The predicted molar refractivity (Wildman–Crippen MR) is 90.2 cm³/mol. The molecule has 0 N–H and O–H groups in total. The molecular weight excluding hydrogens is 326 g/mol. The highest BCUT2D eigenvalue weighted by Crippen LogP contribution is 2.21. The Kier molecular flexibility index (Phi) is 5.04. The van der Waals surface area contributed by atoms with Gasteiger partial charge in [-0.1, -0.05) is 18.2 Å². The van der Waals surface area contributed by atoms with Crippen LogP contribution in [0.4, 0.5) is 0 Å². The van der Waals surface area contributed by atoms with Gasteiger partial charge in [-0.25, -0.2) is 8.42 Å². The van der Waals surface area contributed by atoms with Gasteiger partial charge in [0.1, 0.15) is 5.76 Å². The van der Waals surface area contributed by atoms with Crippen molar-refractivity contribution in [1.29, 1.82) is 0 Å². The summed E-state index contributed by atoms with van der Waals surface area (Å²) < 4.78 is 29.7. The number of amides is 1. The fourth-order valence-corrected chi connectivity index (χ4v) is 4.31. The highest BCUT2D eigenvalue weighted by molar-refractivity contribution is 7.91. The molecule has 0 atom stereocenters. The van der Waals surface area contributed by atoms with Crippen molar-refractivity contribution in [2.45, 2.75) is 37.1 Å². The van der Waals surface area contributed by atoms with E-state index in [4.69, 9.17) is 4.42 Å². The molecule has 2 aromatic rings. The Morgan fingerprint density at radius 2 is 1.92 bits per heavy atom. The number of nitrogens with zero attached hydrogens (tertiary/aromatic N) is 1. The van der Waals surface area contributed by atoms with Crippen molar-refractivity contribution < 1.29 is 17.6 Å². The molecule has 0 aliphatic carbocycles. The number of furan rings is 1. The van der Waals surface area contributed by atoms with Crippen molar-refractivity contribution in [2.75, 3.05) is 12.3 Å². The van der Waals surface area contributed by atoms with E-state index in [2.05, 4.69) is 0 Å². The molecule has 0 bridgehead atoms. The molecule has 1 aliphatic rings. The molecule has 0 spiro atoms. The van der Waals surface area contributed by atoms with Gasteiger partial charge in [-0.05, 0) is 43.0 Å². The number of sulfone groups is 1. The van der Waals surface area contributed by atoms with Crippen molar-refractivity contribution in [3.05, 3.63) is 54.0 Å². The summed E-state index contributed by atoms with van der Waals surface area (Å²) in [5.41, 5.74) is 1.17. The van der Waals surface area contributed by atoms with Crippen LogP contribution in [0, 0.1) is 0 Å².